The second-order valence-electron chi connectivity index (χ2n) is 8.06. The molecule has 0 aliphatic rings. The first-order valence-electron chi connectivity index (χ1n) is 9.26. The summed E-state index contributed by atoms with van der Waals surface area (Å²) in [5.74, 6) is -2.45. The van der Waals surface area contributed by atoms with E-state index in [2.05, 4.69) is 21.2 Å². The molecule has 0 radical (unpaired) electrons. The Kier molecular flexibility index (Phi) is 7.01. The van der Waals surface area contributed by atoms with E-state index < -0.39 is 17.3 Å². The molecule has 154 valence electrons. The number of hydrogen-bond acceptors (Lipinski definition) is 4. The molecule has 0 aliphatic heterocycles. The number of ether oxygens (including phenoxy) is 1. The number of carbonyl (C=O) groups excluding carboxylic acids is 3. The lowest BCUT2D eigenvalue weighted by molar-refractivity contribution is -0.141. The number of halogens is 1. The lowest BCUT2D eigenvalue weighted by Crippen LogP contribution is -2.30. The summed E-state index contributed by atoms with van der Waals surface area (Å²) in [5.41, 5.74) is 2.46. The normalized spacial score (nSPS) is 12.2. The average molecular weight is 460 g/mol. The Balaban J connectivity index is 2.62. The third-order valence-corrected chi connectivity index (χ3v) is 5.26. The highest BCUT2D eigenvalue weighted by molar-refractivity contribution is 9.10. The van der Waals surface area contributed by atoms with Crippen molar-refractivity contribution in [2.75, 3.05) is 12.4 Å². The van der Waals surface area contributed by atoms with Gasteiger partial charge >= 0.3 is 5.97 Å². The molecular weight excluding hydrogens is 434 g/mol. The molecule has 1 atom stereocenters. The minimum Gasteiger partial charge on any atom is -0.468 e. The van der Waals surface area contributed by atoms with Crippen LogP contribution in [0.25, 0.3) is 0 Å². The van der Waals surface area contributed by atoms with Crippen molar-refractivity contribution in [2.45, 2.75) is 40.5 Å². The summed E-state index contributed by atoms with van der Waals surface area (Å²) in [5, 5.41) is 2.89. The Morgan fingerprint density at radius 1 is 1.00 bits per heavy atom. The van der Waals surface area contributed by atoms with E-state index in [1.165, 1.54) is 7.11 Å². The van der Waals surface area contributed by atoms with Crippen LogP contribution in [0.4, 0.5) is 5.69 Å². The van der Waals surface area contributed by atoms with Crippen molar-refractivity contribution in [3.63, 3.8) is 0 Å². The van der Waals surface area contributed by atoms with Gasteiger partial charge in [-0.05, 0) is 48.7 Å². The Hall–Kier alpha value is -2.47. The van der Waals surface area contributed by atoms with E-state index in [0.717, 1.165) is 15.6 Å². The maximum atomic E-state index is 13.3. The fraction of sp³-hybridized carbons (Fsp3) is 0.348. The van der Waals surface area contributed by atoms with Gasteiger partial charge in [-0.2, -0.15) is 0 Å². The number of aryl methyl sites for hydroxylation is 2. The highest BCUT2D eigenvalue weighted by atomic mass is 79.9. The van der Waals surface area contributed by atoms with Crippen molar-refractivity contribution in [2.24, 2.45) is 5.41 Å². The van der Waals surface area contributed by atoms with Crippen LogP contribution in [-0.4, -0.2) is 24.8 Å². The fourth-order valence-corrected chi connectivity index (χ4v) is 3.03. The molecule has 0 aromatic heterocycles. The summed E-state index contributed by atoms with van der Waals surface area (Å²) in [7, 11) is 1.25. The number of esters is 1. The van der Waals surface area contributed by atoms with E-state index >= 15 is 0 Å². The first-order chi connectivity index (χ1) is 13.5. The first-order valence-corrected chi connectivity index (χ1v) is 10.0. The zero-order valence-corrected chi connectivity index (χ0v) is 19.1. The maximum Gasteiger partial charge on any atom is 0.321 e. The van der Waals surface area contributed by atoms with Crippen LogP contribution in [0.1, 0.15) is 53.7 Å². The first kappa shape index (κ1) is 22.8. The number of anilines is 1. The Morgan fingerprint density at radius 2 is 1.55 bits per heavy atom. The van der Waals surface area contributed by atoms with Crippen molar-refractivity contribution in [3.8, 4) is 0 Å². The zero-order chi connectivity index (χ0) is 21.9. The van der Waals surface area contributed by atoms with Crippen molar-refractivity contribution in [3.05, 3.63) is 63.1 Å². The van der Waals surface area contributed by atoms with Gasteiger partial charge in [0.15, 0.2) is 5.78 Å². The molecule has 0 aliphatic carbocycles. The van der Waals surface area contributed by atoms with Gasteiger partial charge in [0.05, 0.1) is 7.11 Å². The van der Waals surface area contributed by atoms with Gasteiger partial charge in [0.25, 0.3) is 0 Å². The van der Waals surface area contributed by atoms with Crippen LogP contribution in [-0.2, 0) is 14.3 Å². The Bertz CT molecular complexity index is 943. The van der Waals surface area contributed by atoms with Gasteiger partial charge in [0.2, 0.25) is 5.91 Å². The lowest BCUT2D eigenvalue weighted by Gasteiger charge is -2.23. The maximum absolute atomic E-state index is 13.3. The molecular formula is C23H26BrNO4. The third-order valence-electron chi connectivity index (χ3n) is 4.73. The standard InChI is InChI=1S/C23H26BrNO4/c1-13-11-17(18(12-14(13)2)25-22(28)23(3,4)5)19(21(27)29-6)20(26)15-7-9-16(24)10-8-15/h7-12,19H,1-6H3,(H,25,28). The number of Topliss-reactive ketones (excluding diaryl/α,β-unsaturated/α-hetero) is 1. The summed E-state index contributed by atoms with van der Waals surface area (Å²) < 4.78 is 5.78. The number of carbonyl (C=O) groups is 3. The SMILES string of the molecule is COC(=O)C(C(=O)c1ccc(Br)cc1)c1cc(C)c(C)cc1NC(=O)C(C)(C)C. The van der Waals surface area contributed by atoms with Gasteiger partial charge in [-0.3, -0.25) is 14.4 Å². The second kappa shape index (κ2) is 8.91. The van der Waals surface area contributed by atoms with Crippen LogP contribution in [0.15, 0.2) is 40.9 Å². The van der Waals surface area contributed by atoms with Crippen LogP contribution in [0.3, 0.4) is 0 Å². The number of hydrogen-bond donors (Lipinski definition) is 1. The molecule has 0 fully saturated rings. The van der Waals surface area contributed by atoms with E-state index in [1.54, 1.807) is 57.2 Å². The zero-order valence-electron chi connectivity index (χ0n) is 17.6. The average Bonchev–Trinajstić information content (AvgIpc) is 2.65. The summed E-state index contributed by atoms with van der Waals surface area (Å²) in [4.78, 5) is 38.5. The summed E-state index contributed by atoms with van der Waals surface area (Å²) in [6.07, 6.45) is 0. The molecule has 0 bridgehead atoms. The van der Waals surface area contributed by atoms with Crippen LogP contribution in [0.5, 0.6) is 0 Å². The number of rotatable bonds is 5. The molecule has 1 amide bonds. The molecule has 5 nitrogen and oxygen atoms in total. The van der Waals surface area contributed by atoms with E-state index in [1.807, 2.05) is 13.8 Å². The van der Waals surface area contributed by atoms with Gasteiger partial charge in [-0.25, -0.2) is 0 Å². The molecule has 1 N–H and O–H groups in total. The summed E-state index contributed by atoms with van der Waals surface area (Å²) in [6, 6.07) is 10.3. The van der Waals surface area contributed by atoms with Crippen molar-refractivity contribution in [1.82, 2.24) is 0 Å². The van der Waals surface area contributed by atoms with Crippen LogP contribution in [0, 0.1) is 19.3 Å². The minimum absolute atomic E-state index is 0.207. The number of ketones is 1. The lowest BCUT2D eigenvalue weighted by atomic mass is 9.87. The minimum atomic E-state index is -1.18. The molecule has 0 saturated heterocycles. The predicted octanol–water partition coefficient (Wildman–Crippen LogP) is 5.19. The number of amides is 1. The van der Waals surface area contributed by atoms with Crippen molar-refractivity contribution < 1.29 is 19.1 Å². The van der Waals surface area contributed by atoms with Crippen LogP contribution < -0.4 is 5.32 Å². The monoisotopic (exact) mass is 459 g/mol. The topological polar surface area (TPSA) is 72.5 Å². The molecule has 2 rings (SSSR count). The quantitative estimate of drug-likeness (QED) is 0.379. The predicted molar refractivity (Wildman–Crippen MR) is 117 cm³/mol. The van der Waals surface area contributed by atoms with Gasteiger partial charge in [-0.1, -0.05) is 54.9 Å². The van der Waals surface area contributed by atoms with E-state index in [0.29, 0.717) is 16.8 Å². The third kappa shape index (κ3) is 5.32. The van der Waals surface area contributed by atoms with E-state index in [-0.39, 0.29) is 11.7 Å². The molecule has 6 heteroatoms. The number of benzene rings is 2. The van der Waals surface area contributed by atoms with Crippen LogP contribution in [0.2, 0.25) is 0 Å². The van der Waals surface area contributed by atoms with Crippen molar-refractivity contribution in [1.29, 1.82) is 0 Å². The Labute approximate surface area is 180 Å². The molecule has 2 aromatic carbocycles. The smallest absolute Gasteiger partial charge is 0.321 e. The highest BCUT2D eigenvalue weighted by Crippen LogP contribution is 2.33. The highest BCUT2D eigenvalue weighted by Gasteiger charge is 2.34. The molecule has 29 heavy (non-hydrogen) atoms. The van der Waals surface area contributed by atoms with Gasteiger partial charge < -0.3 is 10.1 Å². The van der Waals surface area contributed by atoms with Gasteiger partial charge in [0, 0.05) is 21.1 Å². The van der Waals surface area contributed by atoms with E-state index in [4.69, 9.17) is 4.74 Å². The number of nitrogens with one attached hydrogen (secondary N) is 1. The van der Waals surface area contributed by atoms with Crippen LogP contribution >= 0.6 is 15.9 Å². The molecule has 1 unspecified atom stereocenters. The van der Waals surface area contributed by atoms with Gasteiger partial charge in [0.1, 0.15) is 5.92 Å². The summed E-state index contributed by atoms with van der Waals surface area (Å²) in [6.45, 7) is 9.21. The Morgan fingerprint density at radius 3 is 2.07 bits per heavy atom. The van der Waals surface area contributed by atoms with Crippen molar-refractivity contribution >= 4 is 39.3 Å². The van der Waals surface area contributed by atoms with E-state index in [9.17, 15) is 14.4 Å². The molecule has 0 heterocycles. The van der Waals surface area contributed by atoms with Gasteiger partial charge in [-0.15, -0.1) is 0 Å². The molecule has 0 saturated carbocycles. The second-order valence-corrected chi connectivity index (χ2v) is 8.97. The number of methoxy groups -OCH3 is 1. The summed E-state index contributed by atoms with van der Waals surface area (Å²) >= 11 is 3.34. The largest absolute Gasteiger partial charge is 0.468 e. The molecule has 2 aromatic rings. The fourth-order valence-electron chi connectivity index (χ4n) is 2.77. The molecule has 0 spiro atoms.